The Balaban J connectivity index is 1.63. The zero-order valence-electron chi connectivity index (χ0n) is 18.5. The second kappa shape index (κ2) is 8.84. The van der Waals surface area contributed by atoms with Crippen molar-refractivity contribution >= 4 is 5.82 Å². The Bertz CT molecular complexity index is 1250. The Hall–Kier alpha value is -3.65. The maximum atomic E-state index is 13.2. The number of halogens is 1. The first-order valence-electron chi connectivity index (χ1n) is 10.4. The van der Waals surface area contributed by atoms with Crippen molar-refractivity contribution in [3.63, 3.8) is 0 Å². The van der Waals surface area contributed by atoms with Gasteiger partial charge in [-0.05, 0) is 68.7 Å². The van der Waals surface area contributed by atoms with E-state index in [4.69, 9.17) is 0 Å². The van der Waals surface area contributed by atoms with E-state index in [9.17, 15) is 9.50 Å². The summed E-state index contributed by atoms with van der Waals surface area (Å²) in [5, 5.41) is 22.0. The number of aliphatic hydroxyl groups excluding tert-OH is 1. The summed E-state index contributed by atoms with van der Waals surface area (Å²) < 4.78 is 15.0. The fourth-order valence-corrected chi connectivity index (χ4v) is 3.56. The molecule has 0 unspecified atom stereocenters. The van der Waals surface area contributed by atoms with Gasteiger partial charge < -0.3 is 15.0 Å². The molecule has 1 atom stereocenters. The number of aryl methyl sites for hydroxylation is 1. The quantitative estimate of drug-likeness (QED) is 0.468. The number of nitrogens with zero attached hydrogens (tertiary/aromatic N) is 5. The third-order valence-corrected chi connectivity index (χ3v) is 5.58. The summed E-state index contributed by atoms with van der Waals surface area (Å²) in [6.07, 6.45) is 3.58. The van der Waals surface area contributed by atoms with Crippen LogP contribution in [0.1, 0.15) is 41.0 Å². The maximum absolute atomic E-state index is 13.2. The normalized spacial score (nSPS) is 12.1. The van der Waals surface area contributed by atoms with Crippen LogP contribution < -0.4 is 5.32 Å². The molecule has 3 heterocycles. The number of anilines is 1. The van der Waals surface area contributed by atoms with Gasteiger partial charge in [0.25, 0.3) is 0 Å². The summed E-state index contributed by atoms with van der Waals surface area (Å²) >= 11 is 0. The lowest BCUT2D eigenvalue weighted by Gasteiger charge is -2.18. The van der Waals surface area contributed by atoms with E-state index in [0.29, 0.717) is 22.9 Å². The minimum Gasteiger partial charge on any atom is -0.390 e. The molecule has 0 bridgehead atoms. The van der Waals surface area contributed by atoms with Gasteiger partial charge >= 0.3 is 0 Å². The van der Waals surface area contributed by atoms with E-state index < -0.39 is 0 Å². The monoisotopic (exact) mass is 432 g/mol. The van der Waals surface area contributed by atoms with Gasteiger partial charge in [0.15, 0.2) is 5.82 Å². The fraction of sp³-hybridized carbons (Fsp3) is 0.250. The van der Waals surface area contributed by atoms with Crippen molar-refractivity contribution in [3.8, 4) is 17.1 Å². The molecular formula is C24H25FN6O. The van der Waals surface area contributed by atoms with E-state index in [-0.39, 0.29) is 18.5 Å². The number of rotatable bonds is 6. The predicted octanol–water partition coefficient (Wildman–Crippen LogP) is 4.45. The number of aliphatic hydroxyl groups is 1. The second-order valence-corrected chi connectivity index (χ2v) is 7.81. The van der Waals surface area contributed by atoms with E-state index in [1.807, 2.05) is 50.6 Å². The van der Waals surface area contributed by atoms with Crippen molar-refractivity contribution in [1.29, 1.82) is 0 Å². The average Bonchev–Trinajstić information content (AvgIpc) is 3.23. The highest BCUT2D eigenvalue weighted by Crippen LogP contribution is 2.28. The van der Waals surface area contributed by atoms with Gasteiger partial charge in [-0.2, -0.15) is 0 Å². The van der Waals surface area contributed by atoms with Gasteiger partial charge in [0.05, 0.1) is 41.7 Å². The van der Waals surface area contributed by atoms with Crippen molar-refractivity contribution in [2.24, 2.45) is 0 Å². The van der Waals surface area contributed by atoms with Crippen LogP contribution in [0.25, 0.3) is 17.1 Å². The Morgan fingerprint density at radius 3 is 2.44 bits per heavy atom. The van der Waals surface area contributed by atoms with Crippen molar-refractivity contribution in [3.05, 3.63) is 82.8 Å². The fourth-order valence-electron chi connectivity index (χ4n) is 3.56. The molecule has 0 amide bonds. The molecule has 4 rings (SSSR count). The largest absolute Gasteiger partial charge is 0.390 e. The van der Waals surface area contributed by atoms with E-state index in [1.54, 1.807) is 18.5 Å². The lowest BCUT2D eigenvalue weighted by atomic mass is 10.1. The zero-order valence-corrected chi connectivity index (χ0v) is 18.5. The first-order chi connectivity index (χ1) is 15.4. The molecule has 2 N–H and O–H groups in total. The number of imidazole rings is 1. The summed E-state index contributed by atoms with van der Waals surface area (Å²) in [5.41, 5.74) is 6.33. The molecule has 0 spiro atoms. The summed E-state index contributed by atoms with van der Waals surface area (Å²) in [7, 11) is 0. The highest BCUT2D eigenvalue weighted by molar-refractivity contribution is 5.65. The van der Waals surface area contributed by atoms with Crippen LogP contribution in [0.4, 0.5) is 10.2 Å². The number of aromatic nitrogens is 5. The SMILES string of the molecule is Cc1cn(-c2ccc(-c3nnc(N[C@@H](C)c4ccc(F)cc4)c(C)c3C)nc2CO)cn1. The van der Waals surface area contributed by atoms with Gasteiger partial charge in [-0.3, -0.25) is 0 Å². The Labute approximate surface area is 186 Å². The van der Waals surface area contributed by atoms with Gasteiger partial charge in [-0.15, -0.1) is 10.2 Å². The molecule has 8 heteroatoms. The summed E-state index contributed by atoms with van der Waals surface area (Å²) in [6, 6.07) is 10.1. The summed E-state index contributed by atoms with van der Waals surface area (Å²) in [6.45, 7) is 7.64. The van der Waals surface area contributed by atoms with Crippen molar-refractivity contribution in [2.45, 2.75) is 40.3 Å². The van der Waals surface area contributed by atoms with Crippen LogP contribution in [0.3, 0.4) is 0 Å². The third kappa shape index (κ3) is 4.22. The van der Waals surface area contributed by atoms with E-state index in [2.05, 4.69) is 25.5 Å². The van der Waals surface area contributed by atoms with Crippen LogP contribution in [0, 0.1) is 26.6 Å². The van der Waals surface area contributed by atoms with Crippen LogP contribution in [0.2, 0.25) is 0 Å². The summed E-state index contributed by atoms with van der Waals surface area (Å²) in [5.74, 6) is 0.400. The van der Waals surface area contributed by atoms with Crippen molar-refractivity contribution in [1.82, 2.24) is 24.7 Å². The number of pyridine rings is 1. The highest BCUT2D eigenvalue weighted by Gasteiger charge is 2.16. The highest BCUT2D eigenvalue weighted by atomic mass is 19.1. The van der Waals surface area contributed by atoms with Crippen LogP contribution >= 0.6 is 0 Å². The molecular weight excluding hydrogens is 407 g/mol. The number of hydrogen-bond donors (Lipinski definition) is 2. The van der Waals surface area contributed by atoms with E-state index >= 15 is 0 Å². The van der Waals surface area contributed by atoms with Gasteiger partial charge in [-0.25, -0.2) is 14.4 Å². The molecule has 0 fully saturated rings. The van der Waals surface area contributed by atoms with Gasteiger partial charge in [0, 0.05) is 6.20 Å². The molecule has 7 nitrogen and oxygen atoms in total. The van der Waals surface area contributed by atoms with E-state index in [0.717, 1.165) is 28.1 Å². The Morgan fingerprint density at radius 2 is 1.78 bits per heavy atom. The Kier molecular flexibility index (Phi) is 5.96. The standard InChI is InChI=1S/C24H25FN6O/c1-14-11-31(13-26-14)22-10-9-20(28-21(22)12-32)23-15(2)16(3)24(30-29-23)27-17(4)18-5-7-19(25)8-6-18/h5-11,13,17,32H,12H2,1-4H3,(H,27,30)/t17-/m0/s1. The van der Waals surface area contributed by atoms with Gasteiger partial charge in [0.2, 0.25) is 0 Å². The topological polar surface area (TPSA) is 88.8 Å². The lowest BCUT2D eigenvalue weighted by molar-refractivity contribution is 0.276. The van der Waals surface area contributed by atoms with Crippen LogP contribution in [-0.4, -0.2) is 29.8 Å². The lowest BCUT2D eigenvalue weighted by Crippen LogP contribution is -2.12. The third-order valence-electron chi connectivity index (χ3n) is 5.58. The molecule has 1 aromatic carbocycles. The van der Waals surface area contributed by atoms with Crippen molar-refractivity contribution in [2.75, 3.05) is 5.32 Å². The molecule has 0 aliphatic heterocycles. The Morgan fingerprint density at radius 1 is 1.03 bits per heavy atom. The molecule has 164 valence electrons. The van der Waals surface area contributed by atoms with Crippen LogP contribution in [0.15, 0.2) is 48.9 Å². The summed E-state index contributed by atoms with van der Waals surface area (Å²) in [4.78, 5) is 8.88. The van der Waals surface area contributed by atoms with Gasteiger partial charge in [0.1, 0.15) is 11.5 Å². The predicted molar refractivity (Wildman–Crippen MR) is 121 cm³/mol. The molecule has 4 aromatic rings. The van der Waals surface area contributed by atoms with Crippen LogP contribution in [0.5, 0.6) is 0 Å². The number of nitrogens with one attached hydrogen (secondary N) is 1. The molecule has 0 aliphatic rings. The second-order valence-electron chi connectivity index (χ2n) is 7.81. The minimum absolute atomic E-state index is 0.0640. The first-order valence-corrected chi connectivity index (χ1v) is 10.4. The smallest absolute Gasteiger partial charge is 0.152 e. The van der Waals surface area contributed by atoms with E-state index in [1.165, 1.54) is 12.1 Å². The average molecular weight is 433 g/mol. The molecule has 0 saturated carbocycles. The molecule has 3 aromatic heterocycles. The van der Waals surface area contributed by atoms with Gasteiger partial charge in [-0.1, -0.05) is 12.1 Å². The molecule has 0 radical (unpaired) electrons. The first kappa shape index (κ1) is 21.6. The maximum Gasteiger partial charge on any atom is 0.152 e. The molecule has 32 heavy (non-hydrogen) atoms. The molecule has 0 aliphatic carbocycles. The number of benzene rings is 1. The molecule has 0 saturated heterocycles. The van der Waals surface area contributed by atoms with Crippen molar-refractivity contribution < 1.29 is 9.50 Å². The minimum atomic E-state index is -0.263. The van der Waals surface area contributed by atoms with Crippen LogP contribution in [-0.2, 0) is 6.61 Å². The zero-order chi connectivity index (χ0) is 22.8. The number of hydrogen-bond acceptors (Lipinski definition) is 6.